The lowest BCUT2D eigenvalue weighted by atomic mass is 10.1. The summed E-state index contributed by atoms with van der Waals surface area (Å²) in [7, 11) is 0. The first-order valence-corrected chi connectivity index (χ1v) is 10.6. The first-order valence-electron chi connectivity index (χ1n) is 10.3. The van der Waals surface area contributed by atoms with Gasteiger partial charge in [-0.3, -0.25) is 9.59 Å². The van der Waals surface area contributed by atoms with Crippen molar-refractivity contribution < 1.29 is 14.3 Å². The molecule has 0 saturated heterocycles. The van der Waals surface area contributed by atoms with Gasteiger partial charge in [0.25, 0.3) is 11.8 Å². The molecule has 0 fully saturated rings. The van der Waals surface area contributed by atoms with Crippen molar-refractivity contribution in [2.75, 3.05) is 18.5 Å². The molecule has 0 bridgehead atoms. The summed E-state index contributed by atoms with van der Waals surface area (Å²) in [6.07, 6.45) is 2.22. The normalized spacial score (nSPS) is 10.7. The van der Waals surface area contributed by atoms with Crippen molar-refractivity contribution in [3.8, 4) is 11.8 Å². The molecule has 3 aromatic rings. The molecule has 0 heterocycles. The average molecular weight is 460 g/mol. The Morgan fingerprint density at radius 2 is 1.76 bits per heavy atom. The molecule has 0 atom stereocenters. The highest BCUT2D eigenvalue weighted by Gasteiger charge is 2.10. The molecule has 166 valence electrons. The number of carbonyl (C=O) groups is 2. The van der Waals surface area contributed by atoms with Gasteiger partial charge in [0.2, 0.25) is 0 Å². The summed E-state index contributed by atoms with van der Waals surface area (Å²) < 4.78 is 5.50. The summed E-state index contributed by atoms with van der Waals surface area (Å²) in [5.41, 5.74) is 2.24. The van der Waals surface area contributed by atoms with Gasteiger partial charge in [-0.05, 0) is 54.0 Å². The lowest BCUT2D eigenvalue weighted by Gasteiger charge is -2.08. The fraction of sp³-hybridized carbons (Fsp3) is 0.115. The van der Waals surface area contributed by atoms with Crippen LogP contribution in [0, 0.1) is 11.3 Å². The minimum atomic E-state index is -0.535. The molecule has 6 nitrogen and oxygen atoms in total. The molecule has 2 amide bonds. The number of nitriles is 1. The molecule has 0 aliphatic rings. The van der Waals surface area contributed by atoms with E-state index in [0.717, 1.165) is 12.0 Å². The molecule has 0 spiro atoms. The van der Waals surface area contributed by atoms with Crippen molar-refractivity contribution in [1.29, 1.82) is 5.26 Å². The van der Waals surface area contributed by atoms with Crippen LogP contribution < -0.4 is 15.4 Å². The van der Waals surface area contributed by atoms with Crippen molar-refractivity contribution in [2.24, 2.45) is 0 Å². The van der Waals surface area contributed by atoms with Gasteiger partial charge in [0, 0.05) is 17.3 Å². The highest BCUT2D eigenvalue weighted by molar-refractivity contribution is 6.31. The van der Waals surface area contributed by atoms with E-state index in [9.17, 15) is 14.9 Å². The molecule has 0 aromatic heterocycles. The Morgan fingerprint density at radius 1 is 1.00 bits per heavy atom. The SMILES string of the molecule is N#C/C(=C\c1ccc(OCC(=O)NCCc2ccccc2)cc1)C(=O)Nc1cccc(Cl)c1. The second-order valence-corrected chi connectivity index (χ2v) is 7.51. The number of benzene rings is 3. The first-order chi connectivity index (χ1) is 16.0. The molecule has 0 aliphatic heterocycles. The van der Waals surface area contributed by atoms with E-state index < -0.39 is 5.91 Å². The zero-order valence-electron chi connectivity index (χ0n) is 17.8. The third kappa shape index (κ3) is 7.84. The molecule has 7 heteroatoms. The summed E-state index contributed by atoms with van der Waals surface area (Å²) in [6.45, 7) is 0.430. The van der Waals surface area contributed by atoms with E-state index in [1.165, 1.54) is 6.08 Å². The Bertz CT molecular complexity index is 1170. The molecule has 0 saturated carbocycles. The monoisotopic (exact) mass is 459 g/mol. The van der Waals surface area contributed by atoms with E-state index in [2.05, 4.69) is 10.6 Å². The molecule has 0 unspecified atom stereocenters. The quantitative estimate of drug-likeness (QED) is 0.360. The van der Waals surface area contributed by atoms with Crippen LogP contribution in [0.3, 0.4) is 0 Å². The molecular formula is C26H22ClN3O3. The maximum absolute atomic E-state index is 12.4. The van der Waals surface area contributed by atoms with Crippen molar-refractivity contribution in [1.82, 2.24) is 5.32 Å². The van der Waals surface area contributed by atoms with E-state index >= 15 is 0 Å². The number of hydrogen-bond acceptors (Lipinski definition) is 4. The number of ether oxygens (including phenoxy) is 1. The van der Waals surface area contributed by atoms with Crippen LogP contribution in [-0.2, 0) is 16.0 Å². The van der Waals surface area contributed by atoms with Crippen LogP contribution in [0.2, 0.25) is 5.02 Å². The number of amides is 2. The van der Waals surface area contributed by atoms with Gasteiger partial charge in [0.15, 0.2) is 6.61 Å². The highest BCUT2D eigenvalue weighted by atomic mass is 35.5. The maximum atomic E-state index is 12.4. The van der Waals surface area contributed by atoms with Crippen LogP contribution in [0.25, 0.3) is 6.08 Å². The van der Waals surface area contributed by atoms with Gasteiger partial charge in [-0.2, -0.15) is 5.26 Å². The lowest BCUT2D eigenvalue weighted by molar-refractivity contribution is -0.123. The number of anilines is 1. The minimum absolute atomic E-state index is 0.0542. The van der Waals surface area contributed by atoms with Crippen molar-refractivity contribution in [3.05, 3.63) is 101 Å². The van der Waals surface area contributed by atoms with E-state index in [1.54, 1.807) is 48.5 Å². The highest BCUT2D eigenvalue weighted by Crippen LogP contribution is 2.18. The smallest absolute Gasteiger partial charge is 0.266 e. The number of hydrogen-bond donors (Lipinski definition) is 2. The fourth-order valence-electron chi connectivity index (χ4n) is 2.93. The van der Waals surface area contributed by atoms with Gasteiger partial charge < -0.3 is 15.4 Å². The predicted molar refractivity (Wildman–Crippen MR) is 129 cm³/mol. The van der Waals surface area contributed by atoms with Crippen LogP contribution in [0.5, 0.6) is 5.75 Å². The van der Waals surface area contributed by atoms with Gasteiger partial charge in [0.1, 0.15) is 17.4 Å². The van der Waals surface area contributed by atoms with Crippen LogP contribution in [0.4, 0.5) is 5.69 Å². The van der Waals surface area contributed by atoms with Gasteiger partial charge in [-0.25, -0.2) is 0 Å². The fourth-order valence-corrected chi connectivity index (χ4v) is 3.12. The van der Waals surface area contributed by atoms with Gasteiger partial charge in [-0.1, -0.05) is 60.1 Å². The lowest BCUT2D eigenvalue weighted by Crippen LogP contribution is -2.30. The van der Waals surface area contributed by atoms with Gasteiger partial charge in [-0.15, -0.1) is 0 Å². The summed E-state index contributed by atoms with van der Waals surface area (Å²) in [4.78, 5) is 24.3. The second-order valence-electron chi connectivity index (χ2n) is 7.08. The minimum Gasteiger partial charge on any atom is -0.484 e. The Balaban J connectivity index is 1.49. The van der Waals surface area contributed by atoms with E-state index in [1.807, 2.05) is 36.4 Å². The summed E-state index contributed by atoms with van der Waals surface area (Å²) >= 11 is 5.91. The molecule has 2 N–H and O–H groups in total. The molecule has 3 aromatic carbocycles. The van der Waals surface area contributed by atoms with E-state index in [4.69, 9.17) is 16.3 Å². The van der Waals surface area contributed by atoms with Crippen molar-refractivity contribution in [2.45, 2.75) is 6.42 Å². The average Bonchev–Trinajstić information content (AvgIpc) is 2.82. The van der Waals surface area contributed by atoms with E-state index in [-0.39, 0.29) is 18.1 Å². The Labute approximate surface area is 197 Å². The Kier molecular flexibility index (Phi) is 8.63. The number of rotatable bonds is 9. The zero-order valence-corrected chi connectivity index (χ0v) is 18.5. The number of carbonyl (C=O) groups excluding carboxylic acids is 2. The second kappa shape index (κ2) is 12.1. The van der Waals surface area contributed by atoms with Crippen LogP contribution >= 0.6 is 11.6 Å². The maximum Gasteiger partial charge on any atom is 0.266 e. The number of nitrogens with zero attached hydrogens (tertiary/aromatic N) is 1. The van der Waals surface area contributed by atoms with Crippen LogP contribution in [0.1, 0.15) is 11.1 Å². The topological polar surface area (TPSA) is 91.2 Å². The van der Waals surface area contributed by atoms with E-state index in [0.29, 0.717) is 28.6 Å². The summed E-state index contributed by atoms with van der Waals surface area (Å²) in [6, 6.07) is 25.2. The van der Waals surface area contributed by atoms with Crippen molar-refractivity contribution in [3.63, 3.8) is 0 Å². The number of halogens is 1. The van der Waals surface area contributed by atoms with Crippen LogP contribution in [-0.4, -0.2) is 25.0 Å². The molecule has 3 rings (SSSR count). The molecule has 33 heavy (non-hydrogen) atoms. The van der Waals surface area contributed by atoms with Crippen molar-refractivity contribution >= 4 is 35.2 Å². The Hall–Kier alpha value is -4.08. The van der Waals surface area contributed by atoms with Gasteiger partial charge >= 0.3 is 0 Å². The third-order valence-corrected chi connectivity index (χ3v) is 4.82. The largest absolute Gasteiger partial charge is 0.484 e. The number of nitrogens with one attached hydrogen (secondary N) is 2. The molecule has 0 radical (unpaired) electrons. The predicted octanol–water partition coefficient (Wildman–Crippen LogP) is 4.62. The van der Waals surface area contributed by atoms with Crippen LogP contribution in [0.15, 0.2) is 84.4 Å². The Morgan fingerprint density at radius 3 is 2.45 bits per heavy atom. The first kappa shape index (κ1) is 23.6. The summed E-state index contributed by atoms with van der Waals surface area (Å²) in [5.74, 6) is -0.237. The summed E-state index contributed by atoms with van der Waals surface area (Å²) in [5, 5.41) is 15.3. The zero-order chi connectivity index (χ0) is 23.5. The molecule has 0 aliphatic carbocycles. The standard InChI is InChI=1S/C26H22ClN3O3/c27-22-7-4-8-23(16-22)30-26(32)21(17-28)15-20-9-11-24(12-10-20)33-18-25(31)29-14-13-19-5-2-1-3-6-19/h1-12,15-16H,13-14,18H2,(H,29,31)(H,30,32)/b21-15+. The molecular weight excluding hydrogens is 438 g/mol. The third-order valence-electron chi connectivity index (χ3n) is 4.59. The van der Waals surface area contributed by atoms with Gasteiger partial charge in [0.05, 0.1) is 0 Å².